The molecule has 0 aromatic carbocycles. The second kappa shape index (κ2) is 54.8. The van der Waals surface area contributed by atoms with E-state index >= 15 is 9.59 Å². The van der Waals surface area contributed by atoms with E-state index in [4.69, 9.17) is 0 Å². The molecule has 1 heterocycles. The molecule has 6 nitrogen and oxygen atoms in total. The highest BCUT2D eigenvalue weighted by atomic mass is 16.2. The van der Waals surface area contributed by atoms with Gasteiger partial charge in [0.05, 0.1) is 13.3 Å². The fourth-order valence-corrected chi connectivity index (χ4v) is 12.3. The number of nitrogens with zero attached hydrogens (tertiary/aromatic N) is 4. The van der Waals surface area contributed by atoms with E-state index in [0.717, 1.165) is 77.5 Å². The minimum Gasteiger partial charge on any atom is -0.297 e. The Morgan fingerprint density at radius 1 is 0.267 bits per heavy atom. The van der Waals surface area contributed by atoms with Gasteiger partial charge in [-0.1, -0.05) is 350 Å². The van der Waals surface area contributed by atoms with Crippen LogP contribution in [-0.2, 0) is 4.79 Å². The first-order valence-corrected chi connectivity index (χ1v) is 35.0. The Bertz CT molecular complexity index is 1130. The van der Waals surface area contributed by atoms with Crippen LogP contribution in [0.1, 0.15) is 388 Å². The molecular formula is C69H138N4O2. The van der Waals surface area contributed by atoms with Gasteiger partial charge in [-0.2, -0.15) is 0 Å². The van der Waals surface area contributed by atoms with E-state index in [1.807, 2.05) is 0 Å². The van der Waals surface area contributed by atoms with Gasteiger partial charge >= 0.3 is 6.03 Å². The Balaban J connectivity index is 3.10. The Morgan fingerprint density at radius 3 is 0.693 bits per heavy atom. The van der Waals surface area contributed by atoms with Gasteiger partial charge in [-0.25, -0.2) is 9.69 Å². The fourth-order valence-electron chi connectivity index (χ4n) is 12.3. The zero-order chi connectivity index (χ0) is 54.4. The van der Waals surface area contributed by atoms with Gasteiger partial charge in [0.15, 0.2) is 0 Å². The van der Waals surface area contributed by atoms with Crippen LogP contribution in [0.4, 0.5) is 4.79 Å². The van der Waals surface area contributed by atoms with Crippen molar-refractivity contribution >= 4 is 11.9 Å². The Kier molecular flexibility index (Phi) is 52.5. The third-order valence-electron chi connectivity index (χ3n) is 17.5. The molecule has 3 amide bonds. The van der Waals surface area contributed by atoms with Crippen LogP contribution in [0.2, 0.25) is 0 Å². The molecule has 0 unspecified atom stereocenters. The van der Waals surface area contributed by atoms with Crippen LogP contribution in [0.15, 0.2) is 0 Å². The lowest BCUT2D eigenvalue weighted by Crippen LogP contribution is -2.54. The molecule has 75 heavy (non-hydrogen) atoms. The molecular weight excluding hydrogens is 917 g/mol. The highest BCUT2D eigenvalue weighted by Crippen LogP contribution is 2.38. The van der Waals surface area contributed by atoms with Crippen molar-refractivity contribution in [1.29, 1.82) is 0 Å². The minimum atomic E-state index is -0.716. The number of carbonyl (C=O) groups excluding carboxylic acids is 2. The van der Waals surface area contributed by atoms with Crippen LogP contribution in [0.5, 0.6) is 0 Å². The standard InChI is InChI=1S/C69H138N4O2/c1-7-13-19-23-27-31-35-39-43-47-51-55-61-70(62-56-52-48-44-40-36-32-28-24-20-14-8-2)65-72-67(74)69(59-17-11-5,60-18-12-6)73(68(72)75)66-71(63-57-53-49-45-41-37-33-29-25-21-15-9-3)64-58-54-50-46-42-38-34-30-26-22-16-10-4/h7-66H2,1-6H3. The lowest BCUT2D eigenvalue weighted by atomic mass is 9.85. The van der Waals surface area contributed by atoms with E-state index in [1.54, 1.807) is 4.90 Å². The fraction of sp³-hybridized carbons (Fsp3) is 0.971. The Labute approximate surface area is 472 Å². The lowest BCUT2D eigenvalue weighted by Gasteiger charge is -2.39. The normalized spacial score (nSPS) is 13.8. The first-order chi connectivity index (χ1) is 36.9. The molecule has 446 valence electrons. The summed E-state index contributed by atoms with van der Waals surface area (Å²) in [5.74, 6) is 0.125. The first kappa shape index (κ1) is 71.9. The summed E-state index contributed by atoms with van der Waals surface area (Å²) in [5.41, 5.74) is -0.716. The van der Waals surface area contributed by atoms with Crippen LogP contribution in [-0.4, -0.2) is 76.6 Å². The Morgan fingerprint density at radius 2 is 0.467 bits per heavy atom. The highest BCUT2D eigenvalue weighted by Gasteiger charge is 2.56. The second-order valence-corrected chi connectivity index (χ2v) is 24.8. The third-order valence-corrected chi connectivity index (χ3v) is 17.5. The number of urea groups is 1. The first-order valence-electron chi connectivity index (χ1n) is 35.0. The molecule has 0 bridgehead atoms. The van der Waals surface area contributed by atoms with Gasteiger partial charge in [-0.3, -0.25) is 19.5 Å². The predicted octanol–water partition coefficient (Wildman–Crippen LogP) is 22.7. The van der Waals surface area contributed by atoms with Gasteiger partial charge in [0.2, 0.25) is 0 Å². The topological polar surface area (TPSA) is 47.1 Å². The van der Waals surface area contributed by atoms with E-state index in [0.29, 0.717) is 13.3 Å². The lowest BCUT2D eigenvalue weighted by molar-refractivity contribution is -0.136. The van der Waals surface area contributed by atoms with Crippen molar-refractivity contribution < 1.29 is 9.59 Å². The molecule has 0 radical (unpaired) electrons. The van der Waals surface area contributed by atoms with Crippen LogP contribution >= 0.6 is 0 Å². The SMILES string of the molecule is CCCCCCCCCCCCCCN(CCCCCCCCCCCCCC)CN1C(=O)N(CN(CCCCCCCCCCCCCC)CCCCCCCCCCCCCC)C(CCCC)(CCCC)C1=O. The maximum absolute atomic E-state index is 15.3. The number of hydrogen-bond donors (Lipinski definition) is 0. The molecule has 0 saturated carbocycles. The molecule has 1 saturated heterocycles. The van der Waals surface area contributed by atoms with E-state index < -0.39 is 5.54 Å². The van der Waals surface area contributed by atoms with E-state index in [1.165, 1.54) is 295 Å². The second-order valence-electron chi connectivity index (χ2n) is 24.8. The smallest absolute Gasteiger partial charge is 0.297 e. The number of rotatable bonds is 62. The van der Waals surface area contributed by atoms with Crippen molar-refractivity contribution in [1.82, 2.24) is 19.6 Å². The summed E-state index contributed by atoms with van der Waals surface area (Å²) in [6.07, 6.45) is 70.7. The van der Waals surface area contributed by atoms with Crippen molar-refractivity contribution in [3.63, 3.8) is 0 Å². The van der Waals surface area contributed by atoms with Crippen molar-refractivity contribution in [2.75, 3.05) is 39.5 Å². The van der Waals surface area contributed by atoms with E-state index in [2.05, 4.69) is 56.2 Å². The third kappa shape index (κ3) is 39.0. The van der Waals surface area contributed by atoms with Crippen molar-refractivity contribution in [2.24, 2.45) is 0 Å². The zero-order valence-corrected chi connectivity index (χ0v) is 52.5. The van der Waals surface area contributed by atoms with Crippen molar-refractivity contribution in [3.8, 4) is 0 Å². The summed E-state index contributed by atoms with van der Waals surface area (Å²) >= 11 is 0. The molecule has 0 aromatic heterocycles. The molecule has 0 atom stereocenters. The van der Waals surface area contributed by atoms with Crippen LogP contribution in [0, 0.1) is 0 Å². The molecule has 6 heteroatoms. The minimum absolute atomic E-state index is 0.0102. The predicted molar refractivity (Wildman–Crippen MR) is 333 cm³/mol. The summed E-state index contributed by atoms with van der Waals surface area (Å²) < 4.78 is 0. The van der Waals surface area contributed by atoms with Gasteiger partial charge in [-0.05, 0) is 64.7 Å². The summed E-state index contributed by atoms with van der Waals surface area (Å²) in [7, 11) is 0. The van der Waals surface area contributed by atoms with Crippen LogP contribution in [0.25, 0.3) is 0 Å². The number of imide groups is 1. The molecule has 1 aliphatic rings. The summed E-state index contributed by atoms with van der Waals surface area (Å²) in [5, 5.41) is 0. The molecule has 0 aromatic rings. The summed E-state index contributed by atoms with van der Waals surface area (Å²) in [6.45, 7) is 18.9. The number of amides is 3. The van der Waals surface area contributed by atoms with Crippen LogP contribution in [0.3, 0.4) is 0 Å². The van der Waals surface area contributed by atoms with Gasteiger partial charge in [0, 0.05) is 0 Å². The maximum Gasteiger partial charge on any atom is 0.329 e. The van der Waals surface area contributed by atoms with E-state index in [9.17, 15) is 0 Å². The number of carbonyl (C=O) groups is 2. The average molecular weight is 1060 g/mol. The van der Waals surface area contributed by atoms with E-state index in [-0.39, 0.29) is 11.9 Å². The molecule has 1 rings (SSSR count). The molecule has 1 aliphatic heterocycles. The monoisotopic (exact) mass is 1060 g/mol. The summed E-state index contributed by atoms with van der Waals surface area (Å²) in [6, 6.07) is 0.0102. The number of hydrogen-bond acceptors (Lipinski definition) is 4. The molecule has 0 spiro atoms. The van der Waals surface area contributed by atoms with Gasteiger partial charge in [-0.15, -0.1) is 0 Å². The van der Waals surface area contributed by atoms with Crippen LogP contribution < -0.4 is 0 Å². The van der Waals surface area contributed by atoms with Gasteiger partial charge in [0.25, 0.3) is 5.91 Å². The average Bonchev–Trinajstić information content (AvgIpc) is 3.60. The van der Waals surface area contributed by atoms with Gasteiger partial charge < -0.3 is 0 Å². The van der Waals surface area contributed by atoms with Crippen molar-refractivity contribution in [3.05, 3.63) is 0 Å². The Hall–Kier alpha value is -1.14. The van der Waals surface area contributed by atoms with Crippen molar-refractivity contribution in [2.45, 2.75) is 394 Å². The maximum atomic E-state index is 15.3. The quantitative estimate of drug-likeness (QED) is 0.0450. The highest BCUT2D eigenvalue weighted by molar-refractivity contribution is 6.07. The summed E-state index contributed by atoms with van der Waals surface area (Å²) in [4.78, 5) is 39.6. The number of unbranched alkanes of at least 4 members (excludes halogenated alkanes) is 46. The molecule has 1 fully saturated rings. The molecule has 0 aliphatic carbocycles. The van der Waals surface area contributed by atoms with Gasteiger partial charge in [0.1, 0.15) is 5.54 Å². The zero-order valence-electron chi connectivity index (χ0n) is 52.5. The molecule has 0 N–H and O–H groups in total. The largest absolute Gasteiger partial charge is 0.329 e.